The van der Waals surface area contributed by atoms with Gasteiger partial charge in [-0.05, 0) is 39.5 Å². The lowest BCUT2D eigenvalue weighted by Crippen LogP contribution is -2.44. The number of piperidine rings is 1. The topological polar surface area (TPSA) is 64.2 Å². The highest BCUT2D eigenvalue weighted by Crippen LogP contribution is 2.26. The van der Waals surface area contributed by atoms with Crippen molar-refractivity contribution in [1.29, 1.82) is 0 Å². The Morgan fingerprint density at radius 2 is 2.15 bits per heavy atom. The Morgan fingerprint density at radius 3 is 2.80 bits per heavy atom. The molecule has 0 aliphatic carbocycles. The summed E-state index contributed by atoms with van der Waals surface area (Å²) in [7, 11) is 0. The van der Waals surface area contributed by atoms with Gasteiger partial charge in [0.05, 0.1) is 11.4 Å². The molecule has 1 aromatic heterocycles. The van der Waals surface area contributed by atoms with E-state index >= 15 is 0 Å². The first kappa shape index (κ1) is 14.9. The number of nitrogens with two attached hydrogens (primary N) is 1. The van der Waals surface area contributed by atoms with Crippen LogP contribution in [0.1, 0.15) is 62.1 Å². The van der Waals surface area contributed by atoms with Crippen LogP contribution in [0.2, 0.25) is 0 Å². The third kappa shape index (κ3) is 2.67. The molecule has 5 nitrogen and oxygen atoms in total. The van der Waals surface area contributed by atoms with Gasteiger partial charge in [-0.1, -0.05) is 13.3 Å². The van der Waals surface area contributed by atoms with Crippen LogP contribution in [0, 0.1) is 6.92 Å². The zero-order valence-corrected chi connectivity index (χ0v) is 12.9. The third-order valence-electron chi connectivity index (χ3n) is 4.19. The highest BCUT2D eigenvalue weighted by atomic mass is 16.2. The number of carbonyl (C=O) groups is 1. The van der Waals surface area contributed by atoms with E-state index in [0.29, 0.717) is 24.0 Å². The molecule has 1 aromatic rings. The summed E-state index contributed by atoms with van der Waals surface area (Å²) in [6, 6.07) is 0.362. The van der Waals surface area contributed by atoms with Crippen molar-refractivity contribution in [2.45, 2.75) is 65.5 Å². The lowest BCUT2D eigenvalue weighted by molar-refractivity contribution is 0.0589. The molecule has 0 spiro atoms. The Bertz CT molecular complexity index is 478. The fraction of sp³-hybridized carbons (Fsp3) is 0.733. The summed E-state index contributed by atoms with van der Waals surface area (Å²) in [5.41, 5.74) is 7.94. The predicted molar refractivity (Wildman–Crippen MR) is 80.6 cm³/mol. The molecule has 0 aromatic carbocycles. The van der Waals surface area contributed by atoms with Gasteiger partial charge in [0.15, 0.2) is 0 Å². The summed E-state index contributed by atoms with van der Waals surface area (Å²) >= 11 is 0. The number of hydrogen-bond acceptors (Lipinski definition) is 3. The van der Waals surface area contributed by atoms with E-state index in [1.165, 1.54) is 6.42 Å². The third-order valence-corrected chi connectivity index (χ3v) is 4.19. The Morgan fingerprint density at radius 1 is 1.40 bits per heavy atom. The maximum absolute atomic E-state index is 12.9. The maximum Gasteiger partial charge on any atom is 0.274 e. The SMILES string of the molecule is CCCC1CCCCN1C(=O)c1c(N)c(C)nn1CC. The summed E-state index contributed by atoms with van der Waals surface area (Å²) < 4.78 is 1.74. The minimum atomic E-state index is 0.0584. The standard InChI is InChI=1S/C15H26N4O/c1-4-8-12-9-6-7-10-18(12)15(20)14-13(16)11(3)17-19(14)5-2/h12H,4-10,16H2,1-3H3. The number of nitrogen functional groups attached to an aromatic ring is 1. The van der Waals surface area contributed by atoms with Gasteiger partial charge in [0.25, 0.3) is 5.91 Å². The summed E-state index contributed by atoms with van der Waals surface area (Å²) in [6.07, 6.45) is 5.60. The van der Waals surface area contributed by atoms with Crippen LogP contribution in [0.25, 0.3) is 0 Å². The van der Waals surface area contributed by atoms with Gasteiger partial charge in [0.1, 0.15) is 5.69 Å². The van der Waals surface area contributed by atoms with E-state index in [1.54, 1.807) is 4.68 Å². The second-order valence-electron chi connectivity index (χ2n) is 5.60. The average molecular weight is 278 g/mol. The molecule has 1 saturated heterocycles. The first-order chi connectivity index (χ1) is 9.60. The highest BCUT2D eigenvalue weighted by molar-refractivity contribution is 5.98. The number of anilines is 1. The lowest BCUT2D eigenvalue weighted by Gasteiger charge is -2.35. The van der Waals surface area contributed by atoms with Crippen LogP contribution < -0.4 is 5.73 Å². The molecule has 112 valence electrons. The quantitative estimate of drug-likeness (QED) is 0.920. The summed E-state index contributed by atoms with van der Waals surface area (Å²) in [5, 5.41) is 4.36. The van der Waals surface area contributed by atoms with Crippen LogP contribution in [0.4, 0.5) is 5.69 Å². The van der Waals surface area contributed by atoms with Crippen molar-refractivity contribution in [3.8, 4) is 0 Å². The van der Waals surface area contributed by atoms with Gasteiger partial charge < -0.3 is 10.6 Å². The normalized spacial score (nSPS) is 19.4. The first-order valence-electron chi connectivity index (χ1n) is 7.73. The van der Waals surface area contributed by atoms with Crippen LogP contribution in [0.3, 0.4) is 0 Å². The van der Waals surface area contributed by atoms with Crippen LogP contribution in [-0.2, 0) is 6.54 Å². The molecule has 1 aliphatic heterocycles. The fourth-order valence-corrected chi connectivity index (χ4v) is 3.09. The van der Waals surface area contributed by atoms with Gasteiger partial charge in [-0.15, -0.1) is 0 Å². The molecule has 2 heterocycles. The Hall–Kier alpha value is -1.52. The molecule has 0 saturated carbocycles. The molecule has 2 N–H and O–H groups in total. The van der Waals surface area contributed by atoms with Gasteiger partial charge in [0.2, 0.25) is 0 Å². The molecule has 1 unspecified atom stereocenters. The van der Waals surface area contributed by atoms with Gasteiger partial charge in [-0.2, -0.15) is 5.10 Å². The zero-order chi connectivity index (χ0) is 14.7. The number of aryl methyl sites for hydroxylation is 2. The number of likely N-dealkylation sites (tertiary alicyclic amines) is 1. The Kier molecular flexibility index (Phi) is 4.68. The van der Waals surface area contributed by atoms with E-state index in [4.69, 9.17) is 5.73 Å². The number of aromatic nitrogens is 2. The van der Waals surface area contributed by atoms with Crippen molar-refractivity contribution < 1.29 is 4.79 Å². The van der Waals surface area contributed by atoms with Crippen LogP contribution in [0.15, 0.2) is 0 Å². The highest BCUT2D eigenvalue weighted by Gasteiger charge is 2.30. The molecule has 20 heavy (non-hydrogen) atoms. The molecule has 1 fully saturated rings. The summed E-state index contributed by atoms with van der Waals surface area (Å²) in [5.74, 6) is 0.0584. The number of nitrogens with zero attached hydrogens (tertiary/aromatic N) is 3. The molecule has 1 atom stereocenters. The maximum atomic E-state index is 12.9. The van der Waals surface area contributed by atoms with E-state index < -0.39 is 0 Å². The molecule has 2 rings (SSSR count). The predicted octanol–water partition coefficient (Wildman–Crippen LogP) is 2.59. The van der Waals surface area contributed by atoms with Crippen molar-refractivity contribution in [1.82, 2.24) is 14.7 Å². The number of hydrogen-bond donors (Lipinski definition) is 1. The Labute approximate surface area is 121 Å². The number of amides is 1. The Balaban J connectivity index is 2.29. The minimum Gasteiger partial charge on any atom is -0.395 e. The van der Waals surface area contributed by atoms with Crippen molar-refractivity contribution in [2.24, 2.45) is 0 Å². The molecule has 5 heteroatoms. The fourth-order valence-electron chi connectivity index (χ4n) is 3.09. The van der Waals surface area contributed by atoms with Crippen molar-refractivity contribution >= 4 is 11.6 Å². The summed E-state index contributed by atoms with van der Waals surface area (Å²) in [6.45, 7) is 7.54. The minimum absolute atomic E-state index is 0.0584. The smallest absolute Gasteiger partial charge is 0.274 e. The van der Waals surface area contributed by atoms with Gasteiger partial charge >= 0.3 is 0 Å². The monoisotopic (exact) mass is 278 g/mol. The first-order valence-corrected chi connectivity index (χ1v) is 7.73. The molecular formula is C15H26N4O. The van der Waals surface area contributed by atoms with Gasteiger partial charge in [-0.25, -0.2) is 0 Å². The second-order valence-corrected chi connectivity index (χ2v) is 5.60. The molecule has 0 bridgehead atoms. The van der Waals surface area contributed by atoms with E-state index in [0.717, 1.165) is 37.9 Å². The van der Waals surface area contributed by atoms with E-state index in [1.807, 2.05) is 18.7 Å². The average Bonchev–Trinajstić information content (AvgIpc) is 2.74. The second kappa shape index (κ2) is 6.29. The van der Waals surface area contributed by atoms with E-state index in [9.17, 15) is 4.79 Å². The van der Waals surface area contributed by atoms with E-state index in [2.05, 4.69) is 12.0 Å². The molecule has 0 radical (unpaired) electrons. The van der Waals surface area contributed by atoms with Crippen molar-refractivity contribution in [3.05, 3.63) is 11.4 Å². The number of carbonyl (C=O) groups excluding carboxylic acids is 1. The van der Waals surface area contributed by atoms with E-state index in [-0.39, 0.29) is 5.91 Å². The zero-order valence-electron chi connectivity index (χ0n) is 12.9. The van der Waals surface area contributed by atoms with Crippen molar-refractivity contribution in [3.63, 3.8) is 0 Å². The lowest BCUT2D eigenvalue weighted by atomic mass is 9.97. The van der Waals surface area contributed by atoms with Crippen molar-refractivity contribution in [2.75, 3.05) is 12.3 Å². The van der Waals surface area contributed by atoms with Gasteiger partial charge in [-0.3, -0.25) is 9.48 Å². The van der Waals surface area contributed by atoms with Crippen LogP contribution in [-0.4, -0.2) is 33.2 Å². The number of rotatable bonds is 4. The summed E-state index contributed by atoms with van der Waals surface area (Å²) in [4.78, 5) is 14.9. The largest absolute Gasteiger partial charge is 0.395 e. The van der Waals surface area contributed by atoms with Gasteiger partial charge in [0, 0.05) is 19.1 Å². The molecular weight excluding hydrogens is 252 g/mol. The molecule has 1 amide bonds. The van der Waals surface area contributed by atoms with Crippen LogP contribution in [0.5, 0.6) is 0 Å². The van der Waals surface area contributed by atoms with Crippen LogP contribution >= 0.6 is 0 Å². The molecule has 1 aliphatic rings.